The minimum atomic E-state index is -0.630. The van der Waals surface area contributed by atoms with Gasteiger partial charge in [0.15, 0.2) is 5.65 Å². The van der Waals surface area contributed by atoms with Crippen LogP contribution in [0.5, 0.6) is 5.75 Å². The third kappa shape index (κ3) is 5.29. The summed E-state index contributed by atoms with van der Waals surface area (Å²) in [5.74, 6) is 0.410. The Hall–Kier alpha value is -3.65. The second-order valence-corrected chi connectivity index (χ2v) is 7.45. The van der Waals surface area contributed by atoms with Crippen molar-refractivity contribution in [1.82, 2.24) is 19.6 Å². The lowest BCUT2D eigenvalue weighted by Crippen LogP contribution is -1.97. The van der Waals surface area contributed by atoms with Crippen LogP contribution in [0.25, 0.3) is 16.9 Å². The molecule has 4 aromatic rings. The number of nitrogens with zero attached hydrogens (tertiary/aromatic N) is 4. The van der Waals surface area contributed by atoms with Gasteiger partial charge in [0, 0.05) is 17.3 Å². The van der Waals surface area contributed by atoms with Crippen molar-refractivity contribution in [3.63, 3.8) is 0 Å². The number of aliphatic carboxylic acids is 1. The van der Waals surface area contributed by atoms with Gasteiger partial charge in [-0.3, -0.25) is 4.79 Å². The normalized spacial score (nSPS) is 12.8. The average molecular weight is 438 g/mol. The fourth-order valence-electron chi connectivity index (χ4n) is 2.85. The van der Waals surface area contributed by atoms with Crippen LogP contribution < -0.4 is 10.5 Å². The molecule has 1 saturated carbocycles. The molecule has 0 atom stereocenters. The van der Waals surface area contributed by atoms with Crippen LogP contribution in [-0.4, -0.2) is 30.7 Å². The maximum atomic E-state index is 9.76. The van der Waals surface area contributed by atoms with E-state index in [0.717, 1.165) is 35.4 Å². The molecular weight excluding hydrogens is 418 g/mol. The van der Waals surface area contributed by atoms with Crippen LogP contribution in [0.4, 0.5) is 5.95 Å². The lowest BCUT2D eigenvalue weighted by molar-refractivity contribution is -0.138. The Morgan fingerprint density at radius 1 is 1.16 bits per heavy atom. The molecule has 1 aliphatic carbocycles. The van der Waals surface area contributed by atoms with Crippen LogP contribution in [-0.2, 0) is 11.4 Å². The van der Waals surface area contributed by atoms with Crippen molar-refractivity contribution in [3.05, 3.63) is 71.5 Å². The maximum absolute atomic E-state index is 9.76. The number of benzene rings is 1. The summed E-state index contributed by atoms with van der Waals surface area (Å²) >= 11 is 5.78. The van der Waals surface area contributed by atoms with Crippen molar-refractivity contribution in [3.8, 4) is 17.0 Å². The molecule has 1 aliphatic rings. The van der Waals surface area contributed by atoms with Crippen LogP contribution >= 0.6 is 11.6 Å². The zero-order chi connectivity index (χ0) is 21.8. The van der Waals surface area contributed by atoms with E-state index in [4.69, 9.17) is 27.2 Å². The molecule has 8 nitrogen and oxygen atoms in total. The van der Waals surface area contributed by atoms with E-state index in [1.807, 2.05) is 48.5 Å². The SMILES string of the molecule is Nc1nc2cccc(-c3ccc(OCc4ccc(Cl)nc4)cc3)n2n1.O=C(O)C1CC1. The lowest BCUT2D eigenvalue weighted by atomic mass is 10.1. The monoisotopic (exact) mass is 437 g/mol. The zero-order valence-corrected chi connectivity index (χ0v) is 17.2. The summed E-state index contributed by atoms with van der Waals surface area (Å²) in [6.07, 6.45) is 3.50. The Bertz CT molecular complexity index is 1190. The Kier molecular flexibility index (Phi) is 5.99. The number of anilines is 1. The molecule has 0 spiro atoms. The van der Waals surface area contributed by atoms with E-state index < -0.39 is 5.97 Å². The standard InChI is InChI=1S/C18H14ClN5O.C4H6O2/c19-16-9-4-12(10-21-16)11-25-14-7-5-13(6-8-14)15-2-1-3-17-22-18(20)23-24(15)17;5-4(6)3-1-2-3/h1-10H,11H2,(H2,20,23);3H,1-2H2,(H,5,6). The molecule has 0 aliphatic heterocycles. The van der Waals surface area contributed by atoms with Gasteiger partial charge in [0.05, 0.1) is 11.6 Å². The molecule has 0 unspecified atom stereocenters. The molecule has 3 heterocycles. The number of rotatable bonds is 5. The molecule has 1 fully saturated rings. The summed E-state index contributed by atoms with van der Waals surface area (Å²) in [4.78, 5) is 18.0. The van der Waals surface area contributed by atoms with E-state index >= 15 is 0 Å². The first-order valence-corrected chi connectivity index (χ1v) is 10.0. The number of pyridine rings is 2. The number of hydrogen-bond donors (Lipinski definition) is 2. The summed E-state index contributed by atoms with van der Waals surface area (Å²) in [7, 11) is 0. The molecular formula is C22H20ClN5O3. The predicted molar refractivity (Wildman–Crippen MR) is 117 cm³/mol. The highest BCUT2D eigenvalue weighted by atomic mass is 35.5. The topological polar surface area (TPSA) is 116 Å². The van der Waals surface area contributed by atoms with Gasteiger partial charge in [-0.1, -0.05) is 23.7 Å². The number of hydrogen-bond acceptors (Lipinski definition) is 6. The Balaban J connectivity index is 0.000000334. The van der Waals surface area contributed by atoms with Crippen molar-refractivity contribution in [1.29, 1.82) is 0 Å². The highest BCUT2D eigenvalue weighted by Crippen LogP contribution is 2.28. The van der Waals surface area contributed by atoms with E-state index in [2.05, 4.69) is 15.1 Å². The lowest BCUT2D eigenvalue weighted by Gasteiger charge is -2.08. The Labute approximate surface area is 183 Å². The smallest absolute Gasteiger partial charge is 0.306 e. The molecule has 3 N–H and O–H groups in total. The van der Waals surface area contributed by atoms with Crippen molar-refractivity contribution in [2.75, 3.05) is 5.73 Å². The molecule has 31 heavy (non-hydrogen) atoms. The molecule has 3 aromatic heterocycles. The van der Waals surface area contributed by atoms with Gasteiger partial charge in [-0.2, -0.15) is 4.98 Å². The van der Waals surface area contributed by atoms with Gasteiger partial charge in [0.2, 0.25) is 5.95 Å². The third-order valence-corrected chi connectivity index (χ3v) is 4.87. The molecule has 0 radical (unpaired) electrons. The number of aromatic nitrogens is 4. The van der Waals surface area contributed by atoms with E-state index in [9.17, 15) is 4.79 Å². The van der Waals surface area contributed by atoms with E-state index in [1.54, 1.807) is 16.8 Å². The number of halogens is 1. The Morgan fingerprint density at radius 3 is 2.55 bits per heavy atom. The van der Waals surface area contributed by atoms with Gasteiger partial charge in [0.1, 0.15) is 17.5 Å². The number of carboxylic acids is 1. The Morgan fingerprint density at radius 2 is 1.94 bits per heavy atom. The quantitative estimate of drug-likeness (QED) is 0.452. The number of ether oxygens (including phenoxy) is 1. The molecule has 5 rings (SSSR count). The summed E-state index contributed by atoms with van der Waals surface area (Å²) in [5, 5.41) is 12.8. The zero-order valence-electron chi connectivity index (χ0n) is 16.5. The van der Waals surface area contributed by atoms with E-state index in [0.29, 0.717) is 17.4 Å². The summed E-state index contributed by atoms with van der Waals surface area (Å²) < 4.78 is 7.50. The van der Waals surface area contributed by atoms with Crippen LogP contribution in [0.2, 0.25) is 5.15 Å². The number of nitrogens with two attached hydrogens (primary N) is 1. The third-order valence-electron chi connectivity index (χ3n) is 4.65. The fourth-order valence-corrected chi connectivity index (χ4v) is 2.96. The van der Waals surface area contributed by atoms with Crippen molar-refractivity contribution < 1.29 is 14.6 Å². The average Bonchev–Trinajstić information content (AvgIpc) is 3.55. The predicted octanol–water partition coefficient (Wildman–Crippen LogP) is 4.09. The number of nitrogen functional groups attached to an aromatic ring is 1. The highest BCUT2D eigenvalue weighted by Gasteiger charge is 2.28. The van der Waals surface area contributed by atoms with Gasteiger partial charge in [-0.05, 0) is 55.3 Å². The minimum absolute atomic E-state index is 0.0185. The van der Waals surface area contributed by atoms with Crippen LogP contribution in [0.3, 0.4) is 0 Å². The number of carbonyl (C=O) groups is 1. The van der Waals surface area contributed by atoms with E-state index in [1.165, 1.54) is 0 Å². The first-order chi connectivity index (χ1) is 15.0. The maximum Gasteiger partial charge on any atom is 0.306 e. The molecule has 0 saturated heterocycles. The first kappa shape index (κ1) is 20.6. The van der Waals surface area contributed by atoms with E-state index in [-0.39, 0.29) is 11.9 Å². The van der Waals surface area contributed by atoms with Gasteiger partial charge in [0.25, 0.3) is 0 Å². The van der Waals surface area contributed by atoms with Crippen molar-refractivity contribution >= 4 is 29.2 Å². The van der Waals surface area contributed by atoms with Crippen LogP contribution in [0, 0.1) is 5.92 Å². The second-order valence-electron chi connectivity index (χ2n) is 7.07. The molecule has 1 aromatic carbocycles. The second kappa shape index (κ2) is 9.01. The molecule has 158 valence electrons. The van der Waals surface area contributed by atoms with Gasteiger partial charge in [-0.15, -0.1) is 5.10 Å². The largest absolute Gasteiger partial charge is 0.489 e. The minimum Gasteiger partial charge on any atom is -0.489 e. The molecule has 0 amide bonds. The highest BCUT2D eigenvalue weighted by molar-refractivity contribution is 6.29. The van der Waals surface area contributed by atoms with Crippen molar-refractivity contribution in [2.45, 2.75) is 19.4 Å². The van der Waals surface area contributed by atoms with Crippen LogP contribution in [0.1, 0.15) is 18.4 Å². The van der Waals surface area contributed by atoms with Gasteiger partial charge >= 0.3 is 5.97 Å². The summed E-state index contributed by atoms with van der Waals surface area (Å²) in [6, 6.07) is 17.2. The fraction of sp³-hybridized carbons (Fsp3) is 0.182. The van der Waals surface area contributed by atoms with Gasteiger partial charge < -0.3 is 15.6 Å². The molecule has 0 bridgehead atoms. The number of fused-ring (bicyclic) bond motifs is 1. The van der Waals surface area contributed by atoms with Crippen molar-refractivity contribution in [2.24, 2.45) is 5.92 Å². The van der Waals surface area contributed by atoms with Crippen LogP contribution in [0.15, 0.2) is 60.8 Å². The summed E-state index contributed by atoms with van der Waals surface area (Å²) in [5.41, 5.74) is 9.27. The van der Waals surface area contributed by atoms with Gasteiger partial charge in [-0.25, -0.2) is 9.50 Å². The summed E-state index contributed by atoms with van der Waals surface area (Å²) in [6.45, 7) is 0.429. The first-order valence-electron chi connectivity index (χ1n) is 9.67. The molecule has 9 heteroatoms. The number of carboxylic acid groups (broad SMARTS) is 1.